The van der Waals surface area contributed by atoms with E-state index in [2.05, 4.69) is 10.2 Å². The summed E-state index contributed by atoms with van der Waals surface area (Å²) < 4.78 is 0. The van der Waals surface area contributed by atoms with Gasteiger partial charge in [0.2, 0.25) is 0 Å². The van der Waals surface area contributed by atoms with Crippen LogP contribution in [0.5, 0.6) is 0 Å². The van der Waals surface area contributed by atoms with Crippen LogP contribution in [0.1, 0.15) is 31.7 Å². The van der Waals surface area contributed by atoms with E-state index in [-0.39, 0.29) is 10.6 Å². The van der Waals surface area contributed by atoms with Crippen molar-refractivity contribution in [3.63, 3.8) is 0 Å². The van der Waals surface area contributed by atoms with Crippen LogP contribution in [-0.4, -0.2) is 40.7 Å². The van der Waals surface area contributed by atoms with Crippen LogP contribution >= 0.6 is 0 Å². The zero-order chi connectivity index (χ0) is 15.5. The molecule has 0 aromatic heterocycles. The fourth-order valence-corrected chi connectivity index (χ4v) is 2.79. The SMILES string of the molecule is CNc1ccc([N+](=O)[O-])cc1CN1CCCC(C)(O)CC1. The minimum Gasteiger partial charge on any atom is -0.390 e. The number of benzene rings is 1. The van der Waals surface area contributed by atoms with Gasteiger partial charge in [-0.2, -0.15) is 0 Å². The molecule has 1 aliphatic rings. The van der Waals surface area contributed by atoms with Crippen molar-refractivity contribution in [2.75, 3.05) is 25.5 Å². The molecule has 6 nitrogen and oxygen atoms in total. The second-order valence-corrected chi connectivity index (χ2v) is 5.98. The van der Waals surface area contributed by atoms with Crippen LogP contribution in [0.4, 0.5) is 11.4 Å². The van der Waals surface area contributed by atoms with Crippen molar-refractivity contribution >= 4 is 11.4 Å². The van der Waals surface area contributed by atoms with Crippen LogP contribution in [0.15, 0.2) is 18.2 Å². The molecule has 1 aliphatic heterocycles. The minimum atomic E-state index is -0.594. The first-order chi connectivity index (χ1) is 9.91. The molecule has 1 aromatic rings. The maximum absolute atomic E-state index is 10.9. The lowest BCUT2D eigenvalue weighted by molar-refractivity contribution is -0.384. The van der Waals surface area contributed by atoms with Gasteiger partial charge in [-0.15, -0.1) is 0 Å². The molecule has 116 valence electrons. The molecule has 0 spiro atoms. The molecule has 0 bridgehead atoms. The van der Waals surface area contributed by atoms with Crippen LogP contribution in [0.3, 0.4) is 0 Å². The van der Waals surface area contributed by atoms with E-state index in [0.717, 1.165) is 43.6 Å². The number of aliphatic hydroxyl groups is 1. The number of non-ortho nitro benzene ring substituents is 1. The van der Waals surface area contributed by atoms with Crippen LogP contribution < -0.4 is 5.32 Å². The fraction of sp³-hybridized carbons (Fsp3) is 0.600. The first kappa shape index (κ1) is 15.7. The van der Waals surface area contributed by atoms with Crippen LogP contribution in [-0.2, 0) is 6.54 Å². The van der Waals surface area contributed by atoms with E-state index in [0.29, 0.717) is 6.54 Å². The Morgan fingerprint density at radius 1 is 1.43 bits per heavy atom. The van der Waals surface area contributed by atoms with Crippen molar-refractivity contribution < 1.29 is 10.0 Å². The van der Waals surface area contributed by atoms with E-state index in [1.54, 1.807) is 12.1 Å². The van der Waals surface area contributed by atoms with Gasteiger partial charge in [0, 0.05) is 38.0 Å². The Balaban J connectivity index is 2.14. The number of nitro benzene ring substituents is 1. The summed E-state index contributed by atoms with van der Waals surface area (Å²) in [4.78, 5) is 12.8. The van der Waals surface area contributed by atoms with Crippen molar-refractivity contribution in [1.29, 1.82) is 0 Å². The van der Waals surface area contributed by atoms with Crippen LogP contribution in [0.25, 0.3) is 0 Å². The number of nitro groups is 1. The highest BCUT2D eigenvalue weighted by atomic mass is 16.6. The first-order valence-corrected chi connectivity index (χ1v) is 7.31. The normalized spacial score (nSPS) is 23.6. The molecule has 0 aliphatic carbocycles. The van der Waals surface area contributed by atoms with Gasteiger partial charge in [0.05, 0.1) is 10.5 Å². The third kappa shape index (κ3) is 4.15. The van der Waals surface area contributed by atoms with Gasteiger partial charge in [0.15, 0.2) is 0 Å². The van der Waals surface area contributed by atoms with Gasteiger partial charge in [-0.1, -0.05) is 0 Å². The van der Waals surface area contributed by atoms with Gasteiger partial charge in [-0.05, 0) is 44.4 Å². The van der Waals surface area contributed by atoms with E-state index < -0.39 is 5.60 Å². The topological polar surface area (TPSA) is 78.6 Å². The largest absolute Gasteiger partial charge is 0.390 e. The lowest BCUT2D eigenvalue weighted by Crippen LogP contribution is -2.28. The van der Waals surface area contributed by atoms with Gasteiger partial charge in [0.25, 0.3) is 5.69 Å². The lowest BCUT2D eigenvalue weighted by atomic mass is 9.98. The molecular weight excluding hydrogens is 270 g/mol. The average molecular weight is 293 g/mol. The number of likely N-dealkylation sites (tertiary alicyclic amines) is 1. The number of anilines is 1. The molecule has 1 fully saturated rings. The van der Waals surface area contributed by atoms with Crippen molar-refractivity contribution in [2.45, 2.75) is 38.3 Å². The molecule has 1 atom stereocenters. The lowest BCUT2D eigenvalue weighted by Gasteiger charge is -2.23. The molecule has 2 N–H and O–H groups in total. The standard InChI is InChI=1S/C15H23N3O3/c1-15(19)6-3-8-17(9-7-15)11-12-10-13(18(20)21)4-5-14(12)16-2/h4-5,10,16,19H,3,6-9,11H2,1-2H3. The number of nitrogens with zero attached hydrogens (tertiary/aromatic N) is 2. The van der Waals surface area contributed by atoms with Gasteiger partial charge in [0.1, 0.15) is 0 Å². The Morgan fingerprint density at radius 2 is 2.19 bits per heavy atom. The summed E-state index contributed by atoms with van der Waals surface area (Å²) in [5.74, 6) is 0. The highest BCUT2D eigenvalue weighted by molar-refractivity contribution is 5.55. The maximum atomic E-state index is 10.9. The second-order valence-electron chi connectivity index (χ2n) is 5.98. The third-order valence-electron chi connectivity index (χ3n) is 4.12. The molecule has 6 heteroatoms. The molecule has 1 unspecified atom stereocenters. The fourth-order valence-electron chi connectivity index (χ4n) is 2.79. The maximum Gasteiger partial charge on any atom is 0.269 e. The van der Waals surface area contributed by atoms with Crippen molar-refractivity contribution in [3.05, 3.63) is 33.9 Å². The molecule has 1 heterocycles. The molecule has 0 radical (unpaired) electrons. The average Bonchev–Trinajstić information content (AvgIpc) is 2.60. The summed E-state index contributed by atoms with van der Waals surface area (Å²) in [6.45, 7) is 4.25. The number of rotatable bonds is 4. The number of hydrogen-bond acceptors (Lipinski definition) is 5. The van der Waals surface area contributed by atoms with Crippen molar-refractivity contribution in [3.8, 4) is 0 Å². The Hall–Kier alpha value is -1.66. The summed E-state index contributed by atoms with van der Waals surface area (Å²) in [6, 6.07) is 4.90. The highest BCUT2D eigenvalue weighted by Crippen LogP contribution is 2.26. The van der Waals surface area contributed by atoms with E-state index >= 15 is 0 Å². The molecule has 0 amide bonds. The molecule has 1 saturated heterocycles. The predicted molar refractivity (Wildman–Crippen MR) is 82.4 cm³/mol. The van der Waals surface area contributed by atoms with Gasteiger partial charge >= 0.3 is 0 Å². The number of hydrogen-bond donors (Lipinski definition) is 2. The quantitative estimate of drug-likeness (QED) is 0.658. The Morgan fingerprint density at radius 3 is 2.86 bits per heavy atom. The summed E-state index contributed by atoms with van der Waals surface area (Å²) in [5, 5.41) is 24.1. The number of nitrogens with one attached hydrogen (secondary N) is 1. The first-order valence-electron chi connectivity index (χ1n) is 7.31. The van der Waals surface area contributed by atoms with E-state index in [4.69, 9.17) is 0 Å². The van der Waals surface area contributed by atoms with Gasteiger partial charge in [-0.3, -0.25) is 15.0 Å². The van der Waals surface area contributed by atoms with Gasteiger partial charge < -0.3 is 10.4 Å². The summed E-state index contributed by atoms with van der Waals surface area (Å²) >= 11 is 0. The zero-order valence-electron chi connectivity index (χ0n) is 12.6. The van der Waals surface area contributed by atoms with E-state index in [1.807, 2.05) is 14.0 Å². The molecular formula is C15H23N3O3. The Bertz CT molecular complexity index is 517. The Kier molecular flexibility index (Phi) is 4.80. The smallest absolute Gasteiger partial charge is 0.269 e. The van der Waals surface area contributed by atoms with Gasteiger partial charge in [-0.25, -0.2) is 0 Å². The molecule has 1 aromatic carbocycles. The molecule has 21 heavy (non-hydrogen) atoms. The van der Waals surface area contributed by atoms with Crippen LogP contribution in [0, 0.1) is 10.1 Å². The Labute approximate surface area is 124 Å². The summed E-state index contributed by atoms with van der Waals surface area (Å²) in [7, 11) is 1.82. The minimum absolute atomic E-state index is 0.116. The molecule has 2 rings (SSSR count). The zero-order valence-corrected chi connectivity index (χ0v) is 12.6. The third-order valence-corrected chi connectivity index (χ3v) is 4.12. The van der Waals surface area contributed by atoms with E-state index in [9.17, 15) is 15.2 Å². The predicted octanol–water partition coefficient (Wildman–Crippen LogP) is 2.37. The highest BCUT2D eigenvalue weighted by Gasteiger charge is 2.25. The van der Waals surface area contributed by atoms with Crippen molar-refractivity contribution in [2.24, 2.45) is 0 Å². The second kappa shape index (κ2) is 6.41. The van der Waals surface area contributed by atoms with Crippen LogP contribution in [0.2, 0.25) is 0 Å². The summed E-state index contributed by atoms with van der Waals surface area (Å²) in [6.07, 6.45) is 2.48. The van der Waals surface area contributed by atoms with E-state index in [1.165, 1.54) is 6.07 Å². The summed E-state index contributed by atoms with van der Waals surface area (Å²) in [5.41, 5.74) is 1.36. The monoisotopic (exact) mass is 293 g/mol. The molecule has 0 saturated carbocycles. The van der Waals surface area contributed by atoms with Crippen molar-refractivity contribution in [1.82, 2.24) is 4.90 Å².